The highest BCUT2D eigenvalue weighted by Gasteiger charge is 2.21. The maximum Gasteiger partial charge on any atom is 0.0847 e. The number of hydrogen-bond acceptors (Lipinski definition) is 1. The van der Waals surface area contributed by atoms with Crippen LogP contribution in [0.3, 0.4) is 0 Å². The Morgan fingerprint density at radius 1 is 1.11 bits per heavy atom. The fourth-order valence-corrected chi connectivity index (χ4v) is 2.95. The van der Waals surface area contributed by atoms with E-state index in [1.54, 1.807) is 13.8 Å². The Balaban J connectivity index is 2.68. The standard InChI is InChI=1S/C16H16BrClO/c1-10-6-11(8-12(17)7-10)14-5-4-13(18)9-15(14)16(2,3)19/h4-9,19H,1-3H3. The zero-order valence-electron chi connectivity index (χ0n) is 11.2. The van der Waals surface area contributed by atoms with Crippen molar-refractivity contribution in [2.24, 2.45) is 0 Å². The molecule has 0 amide bonds. The summed E-state index contributed by atoms with van der Waals surface area (Å²) in [6.45, 7) is 5.59. The lowest BCUT2D eigenvalue weighted by molar-refractivity contribution is 0.0792. The summed E-state index contributed by atoms with van der Waals surface area (Å²) < 4.78 is 1.03. The molecule has 0 aliphatic rings. The number of benzene rings is 2. The summed E-state index contributed by atoms with van der Waals surface area (Å²) in [6.07, 6.45) is 0. The lowest BCUT2D eigenvalue weighted by atomic mass is 9.89. The lowest BCUT2D eigenvalue weighted by Crippen LogP contribution is -2.16. The van der Waals surface area contributed by atoms with Crippen LogP contribution in [-0.2, 0) is 5.60 Å². The van der Waals surface area contributed by atoms with Crippen molar-refractivity contribution in [3.8, 4) is 11.1 Å². The number of hydrogen-bond donors (Lipinski definition) is 1. The molecule has 0 aliphatic heterocycles. The Hall–Kier alpha value is -0.830. The molecule has 0 heterocycles. The molecule has 2 aromatic rings. The minimum Gasteiger partial charge on any atom is -0.386 e. The summed E-state index contributed by atoms with van der Waals surface area (Å²) in [4.78, 5) is 0. The van der Waals surface area contributed by atoms with Gasteiger partial charge in [-0.3, -0.25) is 0 Å². The molecule has 1 nitrogen and oxygen atoms in total. The van der Waals surface area contributed by atoms with E-state index in [1.807, 2.05) is 31.2 Å². The van der Waals surface area contributed by atoms with Gasteiger partial charge in [0.25, 0.3) is 0 Å². The van der Waals surface area contributed by atoms with E-state index in [1.165, 1.54) is 5.56 Å². The van der Waals surface area contributed by atoms with Crippen molar-refractivity contribution in [3.63, 3.8) is 0 Å². The van der Waals surface area contributed by atoms with Crippen molar-refractivity contribution in [1.29, 1.82) is 0 Å². The molecule has 0 unspecified atom stereocenters. The Bertz CT molecular complexity index is 594. The molecule has 0 aromatic heterocycles. The van der Waals surface area contributed by atoms with Crippen LogP contribution in [-0.4, -0.2) is 5.11 Å². The van der Waals surface area contributed by atoms with Gasteiger partial charge in [-0.1, -0.05) is 39.7 Å². The Kier molecular flexibility index (Phi) is 4.05. The molecular weight excluding hydrogens is 324 g/mol. The first-order chi connectivity index (χ1) is 8.77. The third-order valence-electron chi connectivity index (χ3n) is 2.99. The van der Waals surface area contributed by atoms with Gasteiger partial charge in [-0.05, 0) is 67.3 Å². The molecule has 1 N–H and O–H groups in total. The predicted octanol–water partition coefficient (Wildman–Crippen LogP) is 5.31. The molecule has 0 radical (unpaired) electrons. The van der Waals surface area contributed by atoms with Crippen molar-refractivity contribution in [2.75, 3.05) is 0 Å². The van der Waals surface area contributed by atoms with Crippen LogP contribution in [0.25, 0.3) is 11.1 Å². The second kappa shape index (κ2) is 5.28. The van der Waals surface area contributed by atoms with Gasteiger partial charge in [0.15, 0.2) is 0 Å². The fourth-order valence-electron chi connectivity index (χ4n) is 2.17. The monoisotopic (exact) mass is 338 g/mol. The first kappa shape index (κ1) is 14.6. The van der Waals surface area contributed by atoms with Crippen LogP contribution in [0.15, 0.2) is 40.9 Å². The number of halogens is 2. The van der Waals surface area contributed by atoms with Crippen molar-refractivity contribution in [3.05, 3.63) is 57.0 Å². The average molecular weight is 340 g/mol. The van der Waals surface area contributed by atoms with Gasteiger partial charge in [-0.25, -0.2) is 0 Å². The third-order valence-corrected chi connectivity index (χ3v) is 3.69. The summed E-state index contributed by atoms with van der Waals surface area (Å²) in [6, 6.07) is 11.8. The predicted molar refractivity (Wildman–Crippen MR) is 84.6 cm³/mol. The number of aryl methyl sites for hydroxylation is 1. The van der Waals surface area contributed by atoms with Crippen molar-refractivity contribution in [2.45, 2.75) is 26.4 Å². The zero-order valence-corrected chi connectivity index (χ0v) is 13.5. The summed E-state index contributed by atoms with van der Waals surface area (Å²) in [7, 11) is 0. The van der Waals surface area contributed by atoms with Gasteiger partial charge in [-0.2, -0.15) is 0 Å². The van der Waals surface area contributed by atoms with E-state index < -0.39 is 5.60 Å². The minimum atomic E-state index is -0.934. The lowest BCUT2D eigenvalue weighted by Gasteiger charge is -2.22. The van der Waals surface area contributed by atoms with E-state index in [-0.39, 0.29) is 0 Å². The molecule has 0 saturated heterocycles. The van der Waals surface area contributed by atoms with Crippen LogP contribution in [0.1, 0.15) is 25.0 Å². The first-order valence-electron chi connectivity index (χ1n) is 6.07. The van der Waals surface area contributed by atoms with E-state index >= 15 is 0 Å². The molecular formula is C16H16BrClO. The Morgan fingerprint density at radius 2 is 1.79 bits per heavy atom. The topological polar surface area (TPSA) is 20.2 Å². The molecule has 0 atom stereocenters. The molecule has 0 spiro atoms. The highest BCUT2D eigenvalue weighted by atomic mass is 79.9. The van der Waals surface area contributed by atoms with Crippen LogP contribution in [0, 0.1) is 6.92 Å². The summed E-state index contributed by atoms with van der Waals surface area (Å²) in [5.41, 5.74) is 3.14. The number of rotatable bonds is 2. The van der Waals surface area contributed by atoms with Crippen molar-refractivity contribution in [1.82, 2.24) is 0 Å². The second-order valence-electron chi connectivity index (χ2n) is 5.27. The molecule has 100 valence electrons. The highest BCUT2D eigenvalue weighted by molar-refractivity contribution is 9.10. The van der Waals surface area contributed by atoms with E-state index in [0.29, 0.717) is 5.02 Å². The van der Waals surface area contributed by atoms with Gasteiger partial charge < -0.3 is 5.11 Å². The summed E-state index contributed by atoms with van der Waals surface area (Å²) >= 11 is 9.56. The van der Waals surface area contributed by atoms with Crippen LogP contribution in [0.4, 0.5) is 0 Å². The van der Waals surface area contributed by atoms with Gasteiger partial charge in [0, 0.05) is 9.50 Å². The maximum atomic E-state index is 10.3. The van der Waals surface area contributed by atoms with E-state index in [2.05, 4.69) is 28.1 Å². The molecule has 2 aromatic carbocycles. The van der Waals surface area contributed by atoms with Gasteiger partial charge in [0.2, 0.25) is 0 Å². The van der Waals surface area contributed by atoms with Gasteiger partial charge in [0.05, 0.1) is 5.60 Å². The Labute approximate surface area is 127 Å². The van der Waals surface area contributed by atoms with Crippen molar-refractivity contribution >= 4 is 27.5 Å². The largest absolute Gasteiger partial charge is 0.386 e. The molecule has 0 aliphatic carbocycles. The van der Waals surface area contributed by atoms with E-state index in [4.69, 9.17) is 11.6 Å². The average Bonchev–Trinajstić information content (AvgIpc) is 2.26. The Morgan fingerprint density at radius 3 is 2.37 bits per heavy atom. The molecule has 2 rings (SSSR count). The molecule has 0 bridgehead atoms. The van der Waals surface area contributed by atoms with Crippen LogP contribution in [0.2, 0.25) is 5.02 Å². The third kappa shape index (κ3) is 3.38. The van der Waals surface area contributed by atoms with Crippen LogP contribution < -0.4 is 0 Å². The SMILES string of the molecule is Cc1cc(Br)cc(-c2ccc(Cl)cc2C(C)(C)O)c1. The quantitative estimate of drug-likeness (QED) is 0.786. The normalized spacial score (nSPS) is 11.7. The maximum absolute atomic E-state index is 10.3. The van der Waals surface area contributed by atoms with Gasteiger partial charge in [0.1, 0.15) is 0 Å². The molecule has 0 saturated carbocycles. The number of aliphatic hydroxyl groups is 1. The van der Waals surface area contributed by atoms with Crippen molar-refractivity contribution < 1.29 is 5.11 Å². The smallest absolute Gasteiger partial charge is 0.0847 e. The fraction of sp³-hybridized carbons (Fsp3) is 0.250. The zero-order chi connectivity index (χ0) is 14.2. The van der Waals surface area contributed by atoms with Gasteiger partial charge in [-0.15, -0.1) is 0 Å². The van der Waals surface area contributed by atoms with Gasteiger partial charge >= 0.3 is 0 Å². The molecule has 19 heavy (non-hydrogen) atoms. The summed E-state index contributed by atoms with van der Waals surface area (Å²) in [5, 5.41) is 11.0. The van der Waals surface area contributed by atoms with E-state index in [9.17, 15) is 5.11 Å². The molecule has 3 heteroatoms. The highest BCUT2D eigenvalue weighted by Crippen LogP contribution is 2.35. The second-order valence-corrected chi connectivity index (χ2v) is 6.62. The first-order valence-corrected chi connectivity index (χ1v) is 7.24. The minimum absolute atomic E-state index is 0.632. The molecule has 0 fully saturated rings. The van der Waals surface area contributed by atoms with E-state index in [0.717, 1.165) is 21.2 Å². The van der Waals surface area contributed by atoms with Crippen LogP contribution in [0.5, 0.6) is 0 Å². The van der Waals surface area contributed by atoms with Crippen LogP contribution >= 0.6 is 27.5 Å². The summed E-state index contributed by atoms with van der Waals surface area (Å²) in [5.74, 6) is 0.